The fraction of sp³-hybridized carbons (Fsp3) is 0.583. The molecule has 3 nitrogen and oxygen atoms in total. The van der Waals surface area contributed by atoms with Crippen molar-refractivity contribution in [3.63, 3.8) is 0 Å². The van der Waals surface area contributed by atoms with Crippen LogP contribution >= 0.6 is 11.3 Å². The van der Waals surface area contributed by atoms with E-state index in [2.05, 4.69) is 5.32 Å². The van der Waals surface area contributed by atoms with Gasteiger partial charge >= 0.3 is 0 Å². The maximum atomic E-state index is 11.9. The number of thiophene rings is 1. The van der Waals surface area contributed by atoms with Crippen molar-refractivity contribution in [2.24, 2.45) is 0 Å². The van der Waals surface area contributed by atoms with Crippen LogP contribution in [0.1, 0.15) is 33.0 Å². The Kier molecular flexibility index (Phi) is 3.61. The Hall–Kier alpha value is -0.870. The van der Waals surface area contributed by atoms with Crippen LogP contribution in [0.2, 0.25) is 0 Å². The molecule has 0 spiro atoms. The zero-order chi connectivity index (χ0) is 11.5. The van der Waals surface area contributed by atoms with Crippen LogP contribution < -0.4 is 5.32 Å². The smallest absolute Gasteiger partial charge is 0.252 e. The highest BCUT2D eigenvalue weighted by molar-refractivity contribution is 7.12. The highest BCUT2D eigenvalue weighted by Crippen LogP contribution is 2.20. The van der Waals surface area contributed by atoms with E-state index in [0.29, 0.717) is 6.54 Å². The van der Waals surface area contributed by atoms with Crippen molar-refractivity contribution in [2.75, 3.05) is 13.2 Å². The Labute approximate surface area is 99.8 Å². The summed E-state index contributed by atoms with van der Waals surface area (Å²) in [6.07, 6.45) is 2.38. The fourth-order valence-corrected chi connectivity index (χ4v) is 2.88. The molecule has 0 radical (unpaired) electrons. The number of aryl methyl sites for hydroxylation is 2. The van der Waals surface area contributed by atoms with Crippen LogP contribution in [-0.4, -0.2) is 25.2 Å². The molecule has 0 saturated carbocycles. The molecule has 0 aromatic carbocycles. The van der Waals surface area contributed by atoms with Crippen LogP contribution in [0.5, 0.6) is 0 Å². The molecule has 1 atom stereocenters. The van der Waals surface area contributed by atoms with Crippen molar-refractivity contribution in [1.82, 2.24) is 5.32 Å². The molecule has 1 aliphatic heterocycles. The molecule has 4 heteroatoms. The molecule has 1 saturated heterocycles. The number of hydrogen-bond acceptors (Lipinski definition) is 3. The molecule has 88 valence electrons. The van der Waals surface area contributed by atoms with E-state index in [1.54, 1.807) is 11.3 Å². The monoisotopic (exact) mass is 239 g/mol. The van der Waals surface area contributed by atoms with Gasteiger partial charge in [0.25, 0.3) is 5.91 Å². The van der Waals surface area contributed by atoms with Crippen LogP contribution in [-0.2, 0) is 4.74 Å². The first-order valence-corrected chi connectivity index (χ1v) is 6.45. The Morgan fingerprint density at radius 2 is 2.44 bits per heavy atom. The van der Waals surface area contributed by atoms with Gasteiger partial charge in [-0.15, -0.1) is 11.3 Å². The lowest BCUT2D eigenvalue weighted by molar-refractivity contribution is 0.0857. The van der Waals surface area contributed by atoms with E-state index in [-0.39, 0.29) is 12.0 Å². The minimum absolute atomic E-state index is 0.0253. The average Bonchev–Trinajstić information content (AvgIpc) is 2.84. The minimum atomic E-state index is 0.0253. The highest BCUT2D eigenvalue weighted by atomic mass is 32.1. The quantitative estimate of drug-likeness (QED) is 0.878. The number of carbonyl (C=O) groups is 1. The van der Waals surface area contributed by atoms with Crippen LogP contribution in [0.4, 0.5) is 0 Å². The lowest BCUT2D eigenvalue weighted by Crippen LogP contribution is -2.31. The van der Waals surface area contributed by atoms with Gasteiger partial charge in [-0.3, -0.25) is 4.79 Å². The molecular weight excluding hydrogens is 222 g/mol. The SMILES string of the molecule is Cc1cc(C(=O)NC[C@H]2CCCO2)c(C)s1. The molecule has 16 heavy (non-hydrogen) atoms. The minimum Gasteiger partial charge on any atom is -0.376 e. The summed E-state index contributed by atoms with van der Waals surface area (Å²) >= 11 is 1.66. The van der Waals surface area contributed by atoms with E-state index < -0.39 is 0 Å². The molecule has 2 heterocycles. The van der Waals surface area contributed by atoms with E-state index in [4.69, 9.17) is 4.74 Å². The maximum absolute atomic E-state index is 11.9. The average molecular weight is 239 g/mol. The predicted octanol–water partition coefficient (Wildman–Crippen LogP) is 2.27. The summed E-state index contributed by atoms with van der Waals surface area (Å²) in [6, 6.07) is 1.95. The summed E-state index contributed by atoms with van der Waals surface area (Å²) in [5.41, 5.74) is 0.806. The van der Waals surface area contributed by atoms with Crippen molar-refractivity contribution < 1.29 is 9.53 Å². The van der Waals surface area contributed by atoms with Crippen LogP contribution in [0.25, 0.3) is 0 Å². The summed E-state index contributed by atoms with van der Waals surface area (Å²) in [4.78, 5) is 14.1. The van der Waals surface area contributed by atoms with Gasteiger partial charge in [0.05, 0.1) is 11.7 Å². The van der Waals surface area contributed by atoms with Gasteiger partial charge in [-0.2, -0.15) is 0 Å². The number of rotatable bonds is 3. The summed E-state index contributed by atoms with van der Waals surface area (Å²) in [7, 11) is 0. The normalized spacial score (nSPS) is 20.0. The van der Waals surface area contributed by atoms with Crippen molar-refractivity contribution in [3.8, 4) is 0 Å². The van der Waals surface area contributed by atoms with Gasteiger partial charge in [-0.05, 0) is 32.8 Å². The van der Waals surface area contributed by atoms with Crippen LogP contribution in [0.3, 0.4) is 0 Å². The molecule has 1 aromatic heterocycles. The Morgan fingerprint density at radius 1 is 1.62 bits per heavy atom. The molecular formula is C12H17NO2S. The number of carbonyl (C=O) groups excluding carboxylic acids is 1. The second kappa shape index (κ2) is 4.97. The standard InChI is InChI=1S/C12H17NO2S/c1-8-6-11(9(2)16-8)12(14)13-7-10-4-3-5-15-10/h6,10H,3-5,7H2,1-2H3,(H,13,14)/t10-/m1/s1. The van der Waals surface area contributed by atoms with Gasteiger partial charge in [0.1, 0.15) is 0 Å². The molecule has 0 aliphatic carbocycles. The van der Waals surface area contributed by atoms with Gasteiger partial charge in [0.2, 0.25) is 0 Å². The van der Waals surface area contributed by atoms with Gasteiger partial charge in [-0.1, -0.05) is 0 Å². The van der Waals surface area contributed by atoms with Gasteiger partial charge in [-0.25, -0.2) is 0 Å². The summed E-state index contributed by atoms with van der Waals surface area (Å²) in [5.74, 6) is 0.0253. The third kappa shape index (κ3) is 2.62. The zero-order valence-corrected chi connectivity index (χ0v) is 10.5. The van der Waals surface area contributed by atoms with Gasteiger partial charge in [0, 0.05) is 22.9 Å². The topological polar surface area (TPSA) is 38.3 Å². The first-order chi connectivity index (χ1) is 7.66. The third-order valence-corrected chi connectivity index (χ3v) is 3.77. The summed E-state index contributed by atoms with van der Waals surface area (Å²) in [5, 5.41) is 2.94. The predicted molar refractivity (Wildman–Crippen MR) is 65.1 cm³/mol. The molecule has 1 amide bonds. The molecule has 1 fully saturated rings. The van der Waals surface area contributed by atoms with E-state index in [9.17, 15) is 4.79 Å². The second-order valence-corrected chi connectivity index (χ2v) is 5.63. The van der Waals surface area contributed by atoms with Gasteiger partial charge in [0.15, 0.2) is 0 Å². The van der Waals surface area contributed by atoms with Crippen molar-refractivity contribution in [1.29, 1.82) is 0 Å². The first kappa shape index (κ1) is 11.6. The van der Waals surface area contributed by atoms with E-state index in [1.165, 1.54) is 4.88 Å². The van der Waals surface area contributed by atoms with Crippen molar-refractivity contribution >= 4 is 17.2 Å². The molecule has 1 aliphatic rings. The number of hydrogen-bond donors (Lipinski definition) is 1. The van der Waals surface area contributed by atoms with Crippen molar-refractivity contribution in [2.45, 2.75) is 32.8 Å². The molecule has 2 rings (SSSR count). The Morgan fingerprint density at radius 3 is 3.00 bits per heavy atom. The second-order valence-electron chi connectivity index (χ2n) is 4.17. The van der Waals surface area contributed by atoms with E-state index >= 15 is 0 Å². The lowest BCUT2D eigenvalue weighted by atomic mass is 10.2. The van der Waals surface area contributed by atoms with E-state index in [0.717, 1.165) is 29.9 Å². The number of ether oxygens (including phenoxy) is 1. The van der Waals surface area contributed by atoms with Crippen LogP contribution in [0.15, 0.2) is 6.07 Å². The summed E-state index contributed by atoms with van der Waals surface area (Å²) in [6.45, 7) is 5.47. The third-order valence-electron chi connectivity index (χ3n) is 2.80. The molecule has 0 unspecified atom stereocenters. The lowest BCUT2D eigenvalue weighted by Gasteiger charge is -2.10. The molecule has 1 aromatic rings. The first-order valence-electron chi connectivity index (χ1n) is 5.63. The number of nitrogens with one attached hydrogen (secondary N) is 1. The van der Waals surface area contributed by atoms with E-state index in [1.807, 2.05) is 19.9 Å². The Balaban J connectivity index is 1.90. The fourth-order valence-electron chi connectivity index (χ4n) is 1.96. The Bertz CT molecular complexity index is 380. The molecule has 1 N–H and O–H groups in total. The van der Waals surface area contributed by atoms with Crippen molar-refractivity contribution in [3.05, 3.63) is 21.4 Å². The highest BCUT2D eigenvalue weighted by Gasteiger charge is 2.17. The van der Waals surface area contributed by atoms with Gasteiger partial charge < -0.3 is 10.1 Å². The summed E-state index contributed by atoms with van der Waals surface area (Å²) < 4.78 is 5.46. The number of amides is 1. The zero-order valence-electron chi connectivity index (χ0n) is 9.71. The molecule has 0 bridgehead atoms. The van der Waals surface area contributed by atoms with Crippen LogP contribution in [0, 0.1) is 13.8 Å². The largest absolute Gasteiger partial charge is 0.376 e. The maximum Gasteiger partial charge on any atom is 0.252 e.